The lowest BCUT2D eigenvalue weighted by Crippen LogP contribution is -2.40. The first-order valence-electron chi connectivity index (χ1n) is 11.5. The van der Waals surface area contributed by atoms with E-state index in [-0.39, 0.29) is 6.10 Å². The highest BCUT2D eigenvalue weighted by Gasteiger charge is 2.23. The number of H-pyrrole nitrogens is 2. The molecule has 0 saturated carbocycles. The van der Waals surface area contributed by atoms with Gasteiger partial charge in [-0.3, -0.25) is 4.90 Å². The Morgan fingerprint density at radius 2 is 1.94 bits per heavy atom. The van der Waals surface area contributed by atoms with Gasteiger partial charge in [0, 0.05) is 47.9 Å². The number of nitrogens with two attached hydrogens (primary N) is 1. The van der Waals surface area contributed by atoms with Gasteiger partial charge in [-0.25, -0.2) is 10.9 Å². The van der Waals surface area contributed by atoms with Gasteiger partial charge in [0.15, 0.2) is 0 Å². The number of benzene rings is 1. The molecule has 2 aromatic heterocycles. The Morgan fingerprint density at radius 3 is 2.64 bits per heavy atom. The summed E-state index contributed by atoms with van der Waals surface area (Å²) in [6.07, 6.45) is 4.15. The molecule has 4 heterocycles. The van der Waals surface area contributed by atoms with Gasteiger partial charge in [0.2, 0.25) is 0 Å². The summed E-state index contributed by atoms with van der Waals surface area (Å²) in [6, 6.07) is 12.6. The molecule has 7 heteroatoms. The van der Waals surface area contributed by atoms with E-state index >= 15 is 0 Å². The molecule has 3 aromatic rings. The van der Waals surface area contributed by atoms with Crippen molar-refractivity contribution in [3.63, 3.8) is 0 Å². The lowest BCUT2D eigenvalue weighted by atomic mass is 10.1. The van der Waals surface area contributed by atoms with Gasteiger partial charge in [-0.05, 0) is 50.5 Å². The fraction of sp³-hybridized carbons (Fsp3) is 0.346. The molecule has 0 aliphatic carbocycles. The zero-order valence-corrected chi connectivity index (χ0v) is 19.4. The van der Waals surface area contributed by atoms with Gasteiger partial charge in [0.05, 0.1) is 35.0 Å². The van der Waals surface area contributed by atoms with Gasteiger partial charge in [0.25, 0.3) is 0 Å². The first-order chi connectivity index (χ1) is 16.1. The van der Waals surface area contributed by atoms with Crippen LogP contribution in [0.5, 0.6) is 5.75 Å². The SMILES string of the molecule is COc1cc(=C2N=c3ccccc3=C2CN2CCC(ON)CC2)[nH]/c1=C\c1[nH]c(C)cc1C. The monoisotopic (exact) mass is 445 g/mol. The van der Waals surface area contributed by atoms with Gasteiger partial charge in [-0.2, -0.15) is 0 Å². The fourth-order valence-electron chi connectivity index (χ4n) is 4.85. The Hall–Kier alpha value is -3.13. The maximum atomic E-state index is 5.71. The number of methoxy groups -OCH3 is 1. The molecule has 1 aromatic carbocycles. The highest BCUT2D eigenvalue weighted by atomic mass is 16.6. The molecule has 2 aliphatic heterocycles. The van der Waals surface area contributed by atoms with Gasteiger partial charge in [-0.15, -0.1) is 0 Å². The Morgan fingerprint density at radius 1 is 1.15 bits per heavy atom. The smallest absolute Gasteiger partial charge is 0.144 e. The number of nitrogens with zero attached hydrogens (tertiary/aromatic N) is 2. The summed E-state index contributed by atoms with van der Waals surface area (Å²) in [7, 11) is 1.70. The molecule has 172 valence electrons. The molecule has 1 fully saturated rings. The van der Waals surface area contributed by atoms with Crippen LogP contribution >= 0.6 is 0 Å². The van der Waals surface area contributed by atoms with E-state index < -0.39 is 0 Å². The third kappa shape index (κ3) is 4.27. The van der Waals surface area contributed by atoms with Crippen LogP contribution in [0.1, 0.15) is 29.8 Å². The average molecular weight is 446 g/mol. The van der Waals surface area contributed by atoms with Gasteiger partial charge in [0.1, 0.15) is 5.75 Å². The quantitative estimate of drug-likeness (QED) is 0.506. The minimum Gasteiger partial charge on any atom is -0.494 e. The van der Waals surface area contributed by atoms with E-state index in [1.807, 2.05) is 6.07 Å². The Kier molecular flexibility index (Phi) is 5.93. The summed E-state index contributed by atoms with van der Waals surface area (Å²) in [5.74, 6) is 6.21. The highest BCUT2D eigenvalue weighted by Crippen LogP contribution is 2.20. The number of hydrogen-bond acceptors (Lipinski definition) is 5. The number of aromatic nitrogens is 2. The van der Waals surface area contributed by atoms with E-state index in [0.29, 0.717) is 0 Å². The molecule has 0 radical (unpaired) electrons. The summed E-state index contributed by atoms with van der Waals surface area (Å²) >= 11 is 0. The van der Waals surface area contributed by atoms with Crippen LogP contribution < -0.4 is 31.9 Å². The minimum atomic E-state index is 0.154. The molecule has 33 heavy (non-hydrogen) atoms. The van der Waals surface area contributed by atoms with Crippen molar-refractivity contribution in [2.45, 2.75) is 32.8 Å². The Balaban J connectivity index is 1.60. The molecule has 4 N–H and O–H groups in total. The standard InChI is InChI=1S/C26H31N5O2/c1-16-12-17(2)28-22(16)13-23-25(32-3)14-24(29-23)26-20(19-6-4-5-7-21(19)30-26)15-31-10-8-18(33-27)9-11-31/h4-7,12-14,18,28-29H,8-11,15,27H2,1-3H3/b23-13-,26-24?. The zero-order chi connectivity index (χ0) is 22.9. The number of para-hydroxylation sites is 1. The second-order valence-electron chi connectivity index (χ2n) is 8.93. The van der Waals surface area contributed by atoms with Gasteiger partial charge >= 0.3 is 0 Å². The predicted molar refractivity (Wildman–Crippen MR) is 129 cm³/mol. The molecule has 0 bridgehead atoms. The number of nitrogens with one attached hydrogen (secondary N) is 2. The van der Waals surface area contributed by atoms with Crippen molar-refractivity contribution >= 4 is 17.3 Å². The van der Waals surface area contributed by atoms with Crippen LogP contribution in [0.3, 0.4) is 0 Å². The topological polar surface area (TPSA) is 91.7 Å². The normalized spacial score (nSPS) is 19.2. The summed E-state index contributed by atoms with van der Waals surface area (Å²) in [6.45, 7) is 6.92. The molecule has 0 atom stereocenters. The van der Waals surface area contributed by atoms with Crippen molar-refractivity contribution in [3.05, 3.63) is 74.6 Å². The summed E-state index contributed by atoms with van der Waals surface area (Å²) in [5.41, 5.74) is 5.63. The lowest BCUT2D eigenvalue weighted by Gasteiger charge is -2.31. The summed E-state index contributed by atoms with van der Waals surface area (Å²) in [5, 5.41) is 4.10. The maximum absolute atomic E-state index is 5.71. The first-order valence-corrected chi connectivity index (χ1v) is 11.5. The summed E-state index contributed by atoms with van der Waals surface area (Å²) in [4.78, 5) is 19.5. The highest BCUT2D eigenvalue weighted by molar-refractivity contribution is 5.89. The predicted octanol–water partition coefficient (Wildman–Crippen LogP) is 0.744. The fourth-order valence-corrected chi connectivity index (χ4v) is 4.85. The number of likely N-dealkylation sites (tertiary alicyclic amines) is 1. The van der Waals surface area contributed by atoms with Crippen molar-refractivity contribution in [3.8, 4) is 5.75 Å². The van der Waals surface area contributed by atoms with Crippen molar-refractivity contribution < 1.29 is 9.57 Å². The largest absolute Gasteiger partial charge is 0.494 e. The molecule has 5 rings (SSSR count). The number of aromatic amines is 2. The van der Waals surface area contributed by atoms with Crippen LogP contribution in [0.15, 0.2) is 41.4 Å². The second-order valence-corrected chi connectivity index (χ2v) is 8.93. The van der Waals surface area contributed by atoms with E-state index in [1.165, 1.54) is 16.4 Å². The number of rotatable bonds is 5. The molecular weight excluding hydrogens is 414 g/mol. The van der Waals surface area contributed by atoms with Gasteiger partial charge < -0.3 is 19.5 Å². The number of hydrogen-bond donors (Lipinski definition) is 3. The molecule has 2 aliphatic rings. The van der Waals surface area contributed by atoms with Crippen molar-refractivity contribution in [1.82, 2.24) is 14.9 Å². The minimum absolute atomic E-state index is 0.154. The van der Waals surface area contributed by atoms with E-state index in [4.69, 9.17) is 20.5 Å². The second kappa shape index (κ2) is 9.02. The molecule has 0 spiro atoms. The van der Waals surface area contributed by atoms with Crippen LogP contribution in [0.25, 0.3) is 17.3 Å². The number of piperidine rings is 1. The third-order valence-electron chi connectivity index (χ3n) is 6.62. The van der Waals surface area contributed by atoms with Crippen LogP contribution in [-0.2, 0) is 4.84 Å². The number of ether oxygens (including phenoxy) is 1. The van der Waals surface area contributed by atoms with Gasteiger partial charge in [-0.1, -0.05) is 18.2 Å². The molecule has 0 unspecified atom stereocenters. The van der Waals surface area contributed by atoms with Crippen molar-refractivity contribution in [1.29, 1.82) is 0 Å². The molecule has 0 amide bonds. The van der Waals surface area contributed by atoms with Crippen LogP contribution in [0, 0.1) is 13.8 Å². The average Bonchev–Trinajstić information content (AvgIpc) is 3.49. The van der Waals surface area contributed by atoms with E-state index in [2.05, 4.69) is 65.1 Å². The number of aryl methyl sites for hydroxylation is 2. The molecular formula is C26H31N5O2. The van der Waals surface area contributed by atoms with Crippen LogP contribution in [-0.4, -0.2) is 47.7 Å². The molecule has 1 saturated heterocycles. The third-order valence-corrected chi connectivity index (χ3v) is 6.62. The summed E-state index contributed by atoms with van der Waals surface area (Å²) < 4.78 is 5.71. The lowest BCUT2D eigenvalue weighted by molar-refractivity contribution is 0.00931. The van der Waals surface area contributed by atoms with E-state index in [1.54, 1.807) is 7.11 Å². The Bertz CT molecular complexity index is 1410. The van der Waals surface area contributed by atoms with Crippen LogP contribution in [0.4, 0.5) is 0 Å². The van der Waals surface area contributed by atoms with Crippen molar-refractivity contribution in [2.75, 3.05) is 26.7 Å². The first kappa shape index (κ1) is 21.7. The Labute approximate surface area is 192 Å². The maximum Gasteiger partial charge on any atom is 0.144 e. The zero-order valence-electron chi connectivity index (χ0n) is 19.4. The molecule has 7 nitrogen and oxygen atoms in total. The van der Waals surface area contributed by atoms with E-state index in [9.17, 15) is 0 Å². The number of fused-ring (bicyclic) bond motifs is 1. The van der Waals surface area contributed by atoms with E-state index in [0.717, 1.165) is 71.4 Å². The van der Waals surface area contributed by atoms with Crippen molar-refractivity contribution in [2.24, 2.45) is 10.9 Å². The van der Waals surface area contributed by atoms with Crippen LogP contribution in [0.2, 0.25) is 0 Å².